The Morgan fingerprint density at radius 1 is 1.13 bits per heavy atom. The van der Waals surface area contributed by atoms with Crippen LogP contribution in [-0.4, -0.2) is 4.37 Å². The van der Waals surface area contributed by atoms with Gasteiger partial charge in [0.05, 0.1) is 16.8 Å². The molecule has 3 aromatic rings. The number of aromatic nitrogens is 1. The van der Waals surface area contributed by atoms with Crippen molar-refractivity contribution < 1.29 is 13.2 Å². The van der Waals surface area contributed by atoms with E-state index in [0.717, 1.165) is 27.8 Å². The van der Waals surface area contributed by atoms with E-state index in [1.54, 1.807) is 12.1 Å². The molecule has 0 amide bonds. The van der Waals surface area contributed by atoms with Crippen LogP contribution >= 0.6 is 11.5 Å². The molecule has 23 heavy (non-hydrogen) atoms. The number of fused-ring (bicyclic) bond motifs is 1. The Bertz CT molecular complexity index is 876. The fourth-order valence-electron chi connectivity index (χ4n) is 2.16. The zero-order valence-corrected chi connectivity index (χ0v) is 12.5. The number of alkyl halides is 3. The molecule has 0 aliphatic heterocycles. The molecule has 0 atom stereocenters. The van der Waals surface area contributed by atoms with Crippen LogP contribution in [0.25, 0.3) is 14.9 Å². The van der Waals surface area contributed by atoms with Crippen molar-refractivity contribution >= 4 is 33.1 Å². The maximum absolute atomic E-state index is 12.5. The second kappa shape index (κ2) is 5.89. The number of rotatable bonds is 3. The molecule has 0 saturated carbocycles. The van der Waals surface area contributed by atoms with E-state index in [-0.39, 0.29) is 0 Å². The third kappa shape index (κ3) is 3.12. The van der Waals surface area contributed by atoms with Gasteiger partial charge in [-0.3, -0.25) is 0 Å². The first-order valence-corrected chi connectivity index (χ1v) is 7.42. The number of benzene rings is 2. The van der Waals surface area contributed by atoms with E-state index in [9.17, 15) is 13.2 Å². The van der Waals surface area contributed by atoms with E-state index in [4.69, 9.17) is 6.57 Å². The van der Waals surface area contributed by atoms with E-state index in [1.165, 1.54) is 23.7 Å². The Balaban J connectivity index is 1.78. The predicted octanol–water partition coefficient (Wildman–Crippen LogP) is 5.48. The Kier molecular flexibility index (Phi) is 3.92. The van der Waals surface area contributed by atoms with Crippen LogP contribution in [0.4, 0.5) is 24.7 Å². The van der Waals surface area contributed by atoms with Crippen LogP contribution in [0.2, 0.25) is 0 Å². The predicted molar refractivity (Wildman–Crippen MR) is 84.7 cm³/mol. The van der Waals surface area contributed by atoms with Crippen LogP contribution in [0.1, 0.15) is 11.1 Å². The van der Waals surface area contributed by atoms with Gasteiger partial charge >= 0.3 is 6.18 Å². The van der Waals surface area contributed by atoms with Gasteiger partial charge in [-0.1, -0.05) is 30.3 Å². The van der Waals surface area contributed by atoms with Crippen molar-refractivity contribution in [3.63, 3.8) is 0 Å². The van der Waals surface area contributed by atoms with Crippen LogP contribution in [0.15, 0.2) is 42.5 Å². The first-order valence-electron chi connectivity index (χ1n) is 6.65. The molecule has 2 aromatic carbocycles. The molecule has 0 fully saturated rings. The van der Waals surface area contributed by atoms with Gasteiger partial charge in [0.15, 0.2) is 0 Å². The standard InChI is InChI=1S/C16H10F3N3S/c1-20-13-4-2-3-12-14(13)23-22-15(12)21-9-10-5-7-11(8-6-10)16(17,18)19/h2-8H,9H2,(H,21,22). The van der Waals surface area contributed by atoms with E-state index < -0.39 is 11.7 Å². The number of anilines is 1. The minimum Gasteiger partial charge on any atom is -0.365 e. The molecular formula is C16H10F3N3S. The first-order chi connectivity index (χ1) is 11.0. The lowest BCUT2D eigenvalue weighted by molar-refractivity contribution is -0.137. The highest BCUT2D eigenvalue weighted by Gasteiger charge is 2.29. The molecule has 116 valence electrons. The van der Waals surface area contributed by atoms with Crippen molar-refractivity contribution in [3.05, 3.63) is 65.0 Å². The number of halogens is 3. The average molecular weight is 333 g/mol. The Labute approximate surface area is 134 Å². The van der Waals surface area contributed by atoms with Crippen molar-refractivity contribution in [1.29, 1.82) is 0 Å². The van der Waals surface area contributed by atoms with Crippen molar-refractivity contribution in [3.8, 4) is 0 Å². The molecular weight excluding hydrogens is 323 g/mol. The summed E-state index contributed by atoms with van der Waals surface area (Å²) in [5.41, 5.74) is 0.602. The molecule has 0 spiro atoms. The van der Waals surface area contributed by atoms with Crippen LogP contribution in [0.5, 0.6) is 0 Å². The summed E-state index contributed by atoms with van der Waals surface area (Å²) in [6.07, 6.45) is -4.33. The minimum absolute atomic E-state index is 0.360. The number of hydrogen-bond acceptors (Lipinski definition) is 3. The zero-order chi connectivity index (χ0) is 16.4. The average Bonchev–Trinajstić information content (AvgIpc) is 2.95. The molecule has 1 N–H and O–H groups in total. The molecule has 1 heterocycles. The van der Waals surface area contributed by atoms with Crippen molar-refractivity contribution in [2.45, 2.75) is 12.7 Å². The highest BCUT2D eigenvalue weighted by molar-refractivity contribution is 7.14. The molecule has 0 aliphatic rings. The third-order valence-electron chi connectivity index (χ3n) is 3.34. The lowest BCUT2D eigenvalue weighted by Gasteiger charge is -2.08. The van der Waals surface area contributed by atoms with Crippen molar-refractivity contribution in [2.75, 3.05) is 5.32 Å². The van der Waals surface area contributed by atoms with E-state index in [1.807, 2.05) is 6.07 Å². The van der Waals surface area contributed by atoms with Gasteiger partial charge < -0.3 is 5.32 Å². The Hall–Kier alpha value is -2.59. The molecule has 7 heteroatoms. The summed E-state index contributed by atoms with van der Waals surface area (Å²) < 4.78 is 42.7. The summed E-state index contributed by atoms with van der Waals surface area (Å²) >= 11 is 1.23. The number of nitrogens with one attached hydrogen (secondary N) is 1. The summed E-state index contributed by atoms with van der Waals surface area (Å²) in [6, 6.07) is 10.4. The highest BCUT2D eigenvalue weighted by Crippen LogP contribution is 2.34. The SMILES string of the molecule is [C-]#[N+]c1cccc2c(NCc3ccc(C(F)(F)F)cc3)nsc12. The van der Waals surface area contributed by atoms with E-state index in [2.05, 4.69) is 14.5 Å². The first kappa shape index (κ1) is 15.3. The van der Waals surface area contributed by atoms with Gasteiger partial charge in [-0.2, -0.15) is 17.5 Å². The van der Waals surface area contributed by atoms with E-state index in [0.29, 0.717) is 18.1 Å². The van der Waals surface area contributed by atoms with Gasteiger partial charge in [-0.05, 0) is 29.2 Å². The summed E-state index contributed by atoms with van der Waals surface area (Å²) in [4.78, 5) is 3.45. The van der Waals surface area contributed by atoms with Crippen molar-refractivity contribution in [2.24, 2.45) is 0 Å². The zero-order valence-electron chi connectivity index (χ0n) is 11.7. The third-order valence-corrected chi connectivity index (χ3v) is 4.22. The fraction of sp³-hybridized carbons (Fsp3) is 0.125. The summed E-state index contributed by atoms with van der Waals surface area (Å²) in [5.74, 6) is 0.635. The molecule has 0 aliphatic carbocycles. The quantitative estimate of drug-likeness (QED) is 0.643. The summed E-state index contributed by atoms with van der Waals surface area (Å²) in [6.45, 7) is 7.49. The second-order valence-electron chi connectivity index (χ2n) is 4.85. The smallest absolute Gasteiger partial charge is 0.365 e. The van der Waals surface area contributed by atoms with Gasteiger partial charge in [-0.25, -0.2) is 4.85 Å². The maximum atomic E-state index is 12.5. The normalized spacial score (nSPS) is 11.4. The maximum Gasteiger partial charge on any atom is 0.416 e. The molecule has 1 aromatic heterocycles. The lowest BCUT2D eigenvalue weighted by Crippen LogP contribution is -2.05. The Morgan fingerprint density at radius 3 is 2.52 bits per heavy atom. The molecule has 3 rings (SSSR count). The van der Waals surface area contributed by atoms with Gasteiger partial charge in [0.25, 0.3) is 0 Å². The van der Waals surface area contributed by atoms with Crippen LogP contribution < -0.4 is 5.32 Å². The summed E-state index contributed by atoms with van der Waals surface area (Å²) in [7, 11) is 0. The molecule has 0 saturated heterocycles. The van der Waals surface area contributed by atoms with Crippen LogP contribution in [0.3, 0.4) is 0 Å². The van der Waals surface area contributed by atoms with Gasteiger partial charge in [0.1, 0.15) is 5.82 Å². The van der Waals surface area contributed by atoms with E-state index >= 15 is 0 Å². The van der Waals surface area contributed by atoms with Crippen molar-refractivity contribution in [1.82, 2.24) is 4.37 Å². The van der Waals surface area contributed by atoms with Crippen LogP contribution in [-0.2, 0) is 12.7 Å². The molecule has 0 unspecified atom stereocenters. The molecule has 0 radical (unpaired) electrons. The monoisotopic (exact) mass is 333 g/mol. The largest absolute Gasteiger partial charge is 0.416 e. The molecule has 0 bridgehead atoms. The fourth-order valence-corrected chi connectivity index (χ4v) is 2.98. The second-order valence-corrected chi connectivity index (χ2v) is 5.62. The number of hydrogen-bond donors (Lipinski definition) is 1. The lowest BCUT2D eigenvalue weighted by atomic mass is 10.1. The minimum atomic E-state index is -4.33. The molecule has 3 nitrogen and oxygen atoms in total. The summed E-state index contributed by atoms with van der Waals surface area (Å²) in [5, 5.41) is 3.95. The highest BCUT2D eigenvalue weighted by atomic mass is 32.1. The van der Waals surface area contributed by atoms with Crippen LogP contribution in [0, 0.1) is 6.57 Å². The Morgan fingerprint density at radius 2 is 1.87 bits per heavy atom. The topological polar surface area (TPSA) is 29.3 Å². The van der Waals surface area contributed by atoms with Gasteiger partial charge in [0.2, 0.25) is 5.69 Å². The van der Waals surface area contributed by atoms with Gasteiger partial charge in [-0.15, -0.1) is 0 Å². The van der Waals surface area contributed by atoms with Gasteiger partial charge in [0, 0.05) is 11.9 Å². The number of nitrogens with zero attached hydrogens (tertiary/aromatic N) is 2.